The number of anilines is 1. The molecule has 0 bridgehead atoms. The maximum absolute atomic E-state index is 12.6. The number of sulfonamides is 1. The Morgan fingerprint density at radius 3 is 2.75 bits per heavy atom. The van der Waals surface area contributed by atoms with Crippen LogP contribution in [-0.2, 0) is 21.2 Å². The van der Waals surface area contributed by atoms with Crippen LogP contribution in [0.25, 0.3) is 0 Å². The summed E-state index contributed by atoms with van der Waals surface area (Å²) >= 11 is 6.23. The van der Waals surface area contributed by atoms with Gasteiger partial charge in [-0.1, -0.05) is 29.8 Å². The van der Waals surface area contributed by atoms with E-state index in [2.05, 4.69) is 9.71 Å². The van der Waals surface area contributed by atoms with Crippen molar-refractivity contribution >= 4 is 33.3 Å². The number of benzene rings is 1. The number of hydrogen-bond acceptors (Lipinski definition) is 5. The second-order valence-corrected chi connectivity index (χ2v) is 7.66. The van der Waals surface area contributed by atoms with Crippen molar-refractivity contribution in [2.75, 3.05) is 5.73 Å². The molecule has 24 heavy (non-hydrogen) atoms. The van der Waals surface area contributed by atoms with Crippen LogP contribution in [0.15, 0.2) is 41.4 Å². The third-order valence-electron chi connectivity index (χ3n) is 4.00. The third-order valence-corrected chi connectivity index (χ3v) is 5.58. The topological polar surface area (TPSA) is 102 Å². The smallest absolute Gasteiger partial charge is 0.281 e. The Balaban J connectivity index is 1.89. The zero-order valence-electron chi connectivity index (χ0n) is 12.7. The molecule has 0 fully saturated rings. The zero-order chi connectivity index (χ0) is 17.3. The fourth-order valence-corrected chi connectivity index (χ4v) is 4.25. The molecule has 1 unspecified atom stereocenters. The highest BCUT2D eigenvalue weighted by Gasteiger charge is 2.31. The molecule has 1 aliphatic rings. The first kappa shape index (κ1) is 16.7. The van der Waals surface area contributed by atoms with Gasteiger partial charge in [0.2, 0.25) is 5.91 Å². The summed E-state index contributed by atoms with van der Waals surface area (Å²) in [4.78, 5) is 16.3. The third kappa shape index (κ3) is 3.22. The van der Waals surface area contributed by atoms with Crippen LogP contribution in [0.2, 0.25) is 5.02 Å². The van der Waals surface area contributed by atoms with E-state index in [0.29, 0.717) is 17.0 Å². The number of aromatic nitrogens is 1. The molecule has 3 N–H and O–H groups in total. The normalized spacial score (nSPS) is 17.1. The summed E-state index contributed by atoms with van der Waals surface area (Å²) in [6.07, 6.45) is 2.16. The Kier molecular flexibility index (Phi) is 4.47. The van der Waals surface area contributed by atoms with Crippen LogP contribution in [0.5, 0.6) is 0 Å². The Morgan fingerprint density at radius 2 is 2.00 bits per heavy atom. The van der Waals surface area contributed by atoms with Crippen molar-refractivity contribution < 1.29 is 13.2 Å². The van der Waals surface area contributed by atoms with Gasteiger partial charge in [-0.25, -0.2) is 9.71 Å². The van der Waals surface area contributed by atoms with Gasteiger partial charge in [0, 0.05) is 5.02 Å². The first-order chi connectivity index (χ1) is 11.4. The van der Waals surface area contributed by atoms with Gasteiger partial charge in [0.05, 0.1) is 5.92 Å². The van der Waals surface area contributed by atoms with Crippen molar-refractivity contribution in [1.82, 2.24) is 9.71 Å². The van der Waals surface area contributed by atoms with E-state index in [1.54, 1.807) is 6.07 Å². The van der Waals surface area contributed by atoms with E-state index in [-0.39, 0.29) is 10.8 Å². The molecule has 3 rings (SSSR count). The largest absolute Gasteiger partial charge is 0.384 e. The molecule has 0 saturated heterocycles. The Bertz CT molecular complexity index is 899. The number of aryl methyl sites for hydroxylation is 1. The molecule has 126 valence electrons. The number of carbonyl (C=O) groups excluding carboxylic acids is 1. The van der Waals surface area contributed by atoms with Gasteiger partial charge in [-0.2, -0.15) is 8.42 Å². The van der Waals surface area contributed by atoms with E-state index < -0.39 is 21.8 Å². The summed E-state index contributed by atoms with van der Waals surface area (Å²) in [5.41, 5.74) is 7.19. The highest BCUT2D eigenvalue weighted by atomic mass is 35.5. The van der Waals surface area contributed by atoms with Crippen molar-refractivity contribution in [3.63, 3.8) is 0 Å². The van der Waals surface area contributed by atoms with Crippen molar-refractivity contribution in [2.24, 2.45) is 0 Å². The molecule has 1 aliphatic carbocycles. The van der Waals surface area contributed by atoms with Crippen LogP contribution in [-0.4, -0.2) is 19.3 Å². The molecular formula is C16H16ClN3O3S. The van der Waals surface area contributed by atoms with Gasteiger partial charge in [0.1, 0.15) is 5.82 Å². The number of nitrogen functional groups attached to an aromatic ring is 1. The lowest BCUT2D eigenvalue weighted by molar-refractivity contribution is -0.121. The zero-order valence-corrected chi connectivity index (χ0v) is 14.3. The van der Waals surface area contributed by atoms with Crippen molar-refractivity contribution in [1.29, 1.82) is 0 Å². The van der Waals surface area contributed by atoms with E-state index in [0.717, 1.165) is 18.4 Å². The highest BCUT2D eigenvalue weighted by Crippen LogP contribution is 2.36. The number of fused-ring (bicyclic) bond motifs is 1. The molecule has 0 radical (unpaired) electrons. The van der Waals surface area contributed by atoms with Crippen LogP contribution in [0.1, 0.15) is 29.9 Å². The van der Waals surface area contributed by atoms with Crippen molar-refractivity contribution in [3.8, 4) is 0 Å². The predicted octanol–water partition coefficient (Wildman–Crippen LogP) is 2.24. The minimum Gasteiger partial charge on any atom is -0.384 e. The lowest BCUT2D eigenvalue weighted by Crippen LogP contribution is -2.36. The molecule has 6 nitrogen and oxygen atoms in total. The molecule has 8 heteroatoms. The number of amides is 1. The minimum absolute atomic E-state index is 0.0661. The lowest BCUT2D eigenvalue weighted by atomic mass is 9.82. The number of nitrogens with two attached hydrogens (primary N) is 1. The van der Waals surface area contributed by atoms with Crippen LogP contribution >= 0.6 is 11.6 Å². The summed E-state index contributed by atoms with van der Waals surface area (Å²) in [7, 11) is -4.08. The van der Waals surface area contributed by atoms with E-state index in [1.165, 1.54) is 18.2 Å². The summed E-state index contributed by atoms with van der Waals surface area (Å²) in [5.74, 6) is -1.14. The number of rotatable bonds is 3. The quantitative estimate of drug-likeness (QED) is 0.868. The van der Waals surface area contributed by atoms with Crippen LogP contribution in [0, 0.1) is 0 Å². The average molecular weight is 366 g/mol. The first-order valence-corrected chi connectivity index (χ1v) is 9.31. The summed E-state index contributed by atoms with van der Waals surface area (Å²) in [6.45, 7) is 0. The Hall–Kier alpha value is -2.12. The number of pyridine rings is 1. The molecule has 2 aromatic rings. The molecule has 1 heterocycles. The second kappa shape index (κ2) is 6.41. The van der Waals surface area contributed by atoms with Gasteiger partial charge in [0.25, 0.3) is 10.0 Å². The molecule has 1 atom stereocenters. The maximum atomic E-state index is 12.6. The maximum Gasteiger partial charge on any atom is 0.281 e. The Morgan fingerprint density at radius 1 is 1.25 bits per heavy atom. The SMILES string of the molecule is Nc1cccc(S(=O)(=O)NC(=O)C2CCCc3cccc(Cl)c32)n1. The fraction of sp³-hybridized carbons (Fsp3) is 0.250. The summed E-state index contributed by atoms with van der Waals surface area (Å²) in [5, 5.41) is 0.192. The first-order valence-electron chi connectivity index (χ1n) is 7.45. The number of halogens is 1. The summed E-state index contributed by atoms with van der Waals surface area (Å²) in [6, 6.07) is 9.67. The monoisotopic (exact) mass is 365 g/mol. The molecular weight excluding hydrogens is 350 g/mol. The molecule has 0 saturated carbocycles. The molecule has 0 aliphatic heterocycles. The number of carbonyl (C=O) groups is 1. The van der Waals surface area contributed by atoms with Gasteiger partial charge in [0.15, 0.2) is 5.03 Å². The standard InChI is InChI=1S/C16H16ClN3O3S/c17-12-7-2-5-10-4-1-6-11(15(10)12)16(21)20-24(22,23)14-9-3-8-13(18)19-14/h2-3,5,7-9,11H,1,4,6H2,(H2,18,19)(H,20,21). The fourth-order valence-electron chi connectivity index (χ4n) is 2.93. The molecule has 1 aromatic heterocycles. The number of hydrogen-bond donors (Lipinski definition) is 2. The van der Waals surface area contributed by atoms with Crippen LogP contribution in [0.4, 0.5) is 5.82 Å². The van der Waals surface area contributed by atoms with Crippen molar-refractivity contribution in [3.05, 3.63) is 52.5 Å². The van der Waals surface area contributed by atoms with Crippen LogP contribution < -0.4 is 10.5 Å². The summed E-state index contributed by atoms with van der Waals surface area (Å²) < 4.78 is 26.8. The number of nitrogens with zero attached hydrogens (tertiary/aromatic N) is 1. The van der Waals surface area contributed by atoms with E-state index in [1.807, 2.05) is 12.1 Å². The van der Waals surface area contributed by atoms with Crippen molar-refractivity contribution in [2.45, 2.75) is 30.2 Å². The average Bonchev–Trinajstić information content (AvgIpc) is 2.54. The number of nitrogens with one attached hydrogen (secondary N) is 1. The lowest BCUT2D eigenvalue weighted by Gasteiger charge is -2.25. The molecule has 1 amide bonds. The minimum atomic E-state index is -4.08. The van der Waals surface area contributed by atoms with Crippen LogP contribution in [0.3, 0.4) is 0 Å². The van der Waals surface area contributed by atoms with E-state index >= 15 is 0 Å². The molecule has 1 aromatic carbocycles. The Labute approximate surface area is 145 Å². The van der Waals surface area contributed by atoms with Gasteiger partial charge in [-0.15, -0.1) is 0 Å². The molecule has 0 spiro atoms. The predicted molar refractivity (Wildman–Crippen MR) is 91.1 cm³/mol. The van der Waals surface area contributed by atoms with Gasteiger partial charge in [-0.3, -0.25) is 4.79 Å². The van der Waals surface area contributed by atoms with E-state index in [4.69, 9.17) is 17.3 Å². The van der Waals surface area contributed by atoms with Gasteiger partial charge in [-0.05, 0) is 48.6 Å². The second-order valence-electron chi connectivity index (χ2n) is 5.63. The van der Waals surface area contributed by atoms with Gasteiger partial charge < -0.3 is 5.73 Å². The highest BCUT2D eigenvalue weighted by molar-refractivity contribution is 7.90. The van der Waals surface area contributed by atoms with Gasteiger partial charge >= 0.3 is 0 Å². The van der Waals surface area contributed by atoms with E-state index in [9.17, 15) is 13.2 Å².